The van der Waals surface area contributed by atoms with E-state index in [4.69, 9.17) is 10.5 Å². The second kappa shape index (κ2) is 17.7. The molecule has 0 radical (unpaired) electrons. The number of amides is 1. The SMILES string of the molecule is C=C(c1ccccc1)c1ccccc1NC(=O)C(CCC)N/C(=C\CC)OC(C)C/C(=C\C(=C/N)C(F)(F)F)c1cnc(CF)nc1. The number of benzene rings is 2. The van der Waals surface area contributed by atoms with Crippen LogP contribution in [0.25, 0.3) is 11.1 Å². The average molecular weight is 652 g/mol. The van der Waals surface area contributed by atoms with Gasteiger partial charge in [0.15, 0.2) is 11.7 Å². The molecule has 0 aliphatic heterocycles. The minimum atomic E-state index is -4.70. The number of hydrogen-bond acceptors (Lipinski definition) is 6. The first-order valence-corrected chi connectivity index (χ1v) is 15.3. The Kier molecular flexibility index (Phi) is 13.7. The van der Waals surface area contributed by atoms with Crippen LogP contribution in [0.5, 0.6) is 0 Å². The molecule has 47 heavy (non-hydrogen) atoms. The van der Waals surface area contributed by atoms with Gasteiger partial charge >= 0.3 is 6.18 Å². The van der Waals surface area contributed by atoms with Crippen molar-refractivity contribution in [3.63, 3.8) is 0 Å². The first-order valence-electron chi connectivity index (χ1n) is 15.3. The summed E-state index contributed by atoms with van der Waals surface area (Å²) < 4.78 is 60.0. The first kappa shape index (κ1) is 36.5. The zero-order valence-electron chi connectivity index (χ0n) is 26.8. The van der Waals surface area contributed by atoms with E-state index in [1.807, 2.05) is 68.4 Å². The molecular weight excluding hydrogens is 610 g/mol. The number of nitrogens with zero attached hydrogens (tertiary/aromatic N) is 2. The van der Waals surface area contributed by atoms with Crippen molar-refractivity contribution >= 4 is 22.7 Å². The molecule has 0 fully saturated rings. The third-order valence-electron chi connectivity index (χ3n) is 7.10. The van der Waals surface area contributed by atoms with Crippen LogP contribution < -0.4 is 16.4 Å². The molecular formula is C36H41F4N5O2. The number of nitrogens with one attached hydrogen (secondary N) is 2. The molecule has 2 aromatic carbocycles. The number of aromatic nitrogens is 2. The zero-order chi connectivity index (χ0) is 34.4. The second-order valence-electron chi connectivity index (χ2n) is 10.8. The Hall–Kier alpha value is -4.93. The highest BCUT2D eigenvalue weighted by molar-refractivity contribution is 5.98. The zero-order valence-corrected chi connectivity index (χ0v) is 26.8. The third kappa shape index (κ3) is 10.8. The van der Waals surface area contributed by atoms with Crippen LogP contribution in [0.2, 0.25) is 0 Å². The normalized spacial score (nSPS) is 13.9. The largest absolute Gasteiger partial charge is 0.476 e. The predicted molar refractivity (Wildman–Crippen MR) is 178 cm³/mol. The molecule has 1 amide bonds. The van der Waals surface area contributed by atoms with Crippen molar-refractivity contribution in [2.24, 2.45) is 5.73 Å². The van der Waals surface area contributed by atoms with E-state index in [9.17, 15) is 22.4 Å². The lowest BCUT2D eigenvalue weighted by molar-refractivity contribution is -0.118. The van der Waals surface area contributed by atoms with Crippen LogP contribution in [-0.4, -0.2) is 34.2 Å². The molecule has 0 aliphatic carbocycles. The number of carbonyl (C=O) groups excluding carboxylic acids is 1. The maximum Gasteiger partial charge on any atom is 0.417 e. The maximum atomic E-state index is 13.6. The average Bonchev–Trinajstić information content (AvgIpc) is 3.06. The molecule has 0 saturated carbocycles. The molecule has 11 heteroatoms. The number of para-hydroxylation sites is 1. The lowest BCUT2D eigenvalue weighted by Crippen LogP contribution is -2.41. The van der Waals surface area contributed by atoms with Crippen LogP contribution in [0.15, 0.2) is 103 Å². The Balaban J connectivity index is 1.81. The molecule has 0 saturated heterocycles. The summed E-state index contributed by atoms with van der Waals surface area (Å²) in [7, 11) is 0. The van der Waals surface area contributed by atoms with E-state index >= 15 is 0 Å². The second-order valence-corrected chi connectivity index (χ2v) is 10.8. The molecule has 0 spiro atoms. The summed E-state index contributed by atoms with van der Waals surface area (Å²) in [4.78, 5) is 21.4. The quantitative estimate of drug-likeness (QED) is 0.0819. The van der Waals surface area contributed by atoms with E-state index in [2.05, 4.69) is 27.2 Å². The lowest BCUT2D eigenvalue weighted by atomic mass is 9.98. The van der Waals surface area contributed by atoms with Gasteiger partial charge in [-0.25, -0.2) is 14.4 Å². The van der Waals surface area contributed by atoms with Gasteiger partial charge in [0.2, 0.25) is 5.91 Å². The molecule has 2 atom stereocenters. The topological polar surface area (TPSA) is 102 Å². The van der Waals surface area contributed by atoms with Crippen molar-refractivity contribution in [1.82, 2.24) is 15.3 Å². The molecule has 250 valence electrons. The highest BCUT2D eigenvalue weighted by Gasteiger charge is 2.32. The van der Waals surface area contributed by atoms with Crippen molar-refractivity contribution in [2.75, 3.05) is 5.32 Å². The lowest BCUT2D eigenvalue weighted by Gasteiger charge is -2.25. The standard InChI is InChI=1S/C36H41F4N5O2/c1-5-12-32(35(46)45-31-17-11-10-16-30(31)25(4)26-14-8-7-9-15-26)44-34(13-6-2)47-24(3)18-27(19-29(21-41)36(38,39)40)28-22-42-33(20-37)43-23-28/h7-11,13-17,19,21-24,32,44H,4-6,12,18,20,41H2,1-3H3,(H,45,46)/b27-19+,29-21+,34-13+. The van der Waals surface area contributed by atoms with Gasteiger partial charge in [-0.2, -0.15) is 13.2 Å². The fourth-order valence-electron chi connectivity index (χ4n) is 4.76. The summed E-state index contributed by atoms with van der Waals surface area (Å²) in [6, 6.07) is 16.4. The van der Waals surface area contributed by atoms with Gasteiger partial charge in [-0.3, -0.25) is 4.79 Å². The Morgan fingerprint density at radius 2 is 1.70 bits per heavy atom. The van der Waals surface area contributed by atoms with Crippen LogP contribution in [0.1, 0.15) is 69.0 Å². The fourth-order valence-corrected chi connectivity index (χ4v) is 4.76. The summed E-state index contributed by atoms with van der Waals surface area (Å²) in [5.41, 5.74) is 7.76. The van der Waals surface area contributed by atoms with Crippen molar-refractivity contribution in [3.05, 3.63) is 126 Å². The van der Waals surface area contributed by atoms with Gasteiger partial charge in [-0.1, -0.05) is 75.4 Å². The number of alkyl halides is 4. The minimum Gasteiger partial charge on any atom is -0.476 e. The number of allylic oxidation sites excluding steroid dienone is 3. The van der Waals surface area contributed by atoms with E-state index in [0.29, 0.717) is 37.0 Å². The molecule has 3 aromatic rings. The molecule has 2 unspecified atom stereocenters. The van der Waals surface area contributed by atoms with Crippen LogP contribution in [0.4, 0.5) is 23.2 Å². The van der Waals surface area contributed by atoms with Crippen molar-refractivity contribution in [3.8, 4) is 0 Å². The van der Waals surface area contributed by atoms with E-state index in [-0.39, 0.29) is 29.3 Å². The number of ether oxygens (including phenoxy) is 1. The number of nitrogens with two attached hydrogens (primary N) is 1. The van der Waals surface area contributed by atoms with E-state index in [1.54, 1.807) is 13.0 Å². The Labute approximate surface area is 273 Å². The van der Waals surface area contributed by atoms with Crippen molar-refractivity contribution < 1.29 is 27.1 Å². The number of halogens is 4. The summed E-state index contributed by atoms with van der Waals surface area (Å²) in [6.07, 6.45) is 2.02. The van der Waals surface area contributed by atoms with Gasteiger partial charge in [0.25, 0.3) is 0 Å². The van der Waals surface area contributed by atoms with Crippen LogP contribution in [-0.2, 0) is 16.2 Å². The van der Waals surface area contributed by atoms with E-state index in [0.717, 1.165) is 22.8 Å². The summed E-state index contributed by atoms with van der Waals surface area (Å²) in [6.45, 7) is 8.87. The van der Waals surface area contributed by atoms with Crippen molar-refractivity contribution in [1.29, 1.82) is 0 Å². The van der Waals surface area contributed by atoms with Crippen molar-refractivity contribution in [2.45, 2.75) is 71.5 Å². The Morgan fingerprint density at radius 3 is 2.30 bits per heavy atom. The summed E-state index contributed by atoms with van der Waals surface area (Å²) in [5.74, 6) is -0.0659. The van der Waals surface area contributed by atoms with Gasteiger partial charge in [-0.05, 0) is 54.7 Å². The molecule has 1 aromatic heterocycles. The number of hydrogen-bond donors (Lipinski definition) is 3. The molecule has 0 bridgehead atoms. The number of anilines is 1. The minimum absolute atomic E-state index is 0.00585. The molecule has 3 rings (SSSR count). The molecule has 4 N–H and O–H groups in total. The smallest absolute Gasteiger partial charge is 0.417 e. The summed E-state index contributed by atoms with van der Waals surface area (Å²) in [5, 5.41) is 6.23. The first-order chi connectivity index (χ1) is 22.5. The van der Waals surface area contributed by atoms with Gasteiger partial charge < -0.3 is 21.1 Å². The molecule has 7 nitrogen and oxygen atoms in total. The highest BCUT2D eigenvalue weighted by Crippen LogP contribution is 2.31. The number of rotatable bonds is 16. The highest BCUT2D eigenvalue weighted by atomic mass is 19.4. The van der Waals surface area contributed by atoms with Crippen LogP contribution >= 0.6 is 0 Å². The third-order valence-corrected chi connectivity index (χ3v) is 7.10. The fraction of sp³-hybridized carbons (Fsp3) is 0.306. The van der Waals surface area contributed by atoms with Gasteiger partial charge in [0, 0.05) is 41.8 Å². The Bertz CT molecular complexity index is 1570. The summed E-state index contributed by atoms with van der Waals surface area (Å²) >= 11 is 0. The Morgan fingerprint density at radius 1 is 1.04 bits per heavy atom. The van der Waals surface area contributed by atoms with Crippen LogP contribution in [0.3, 0.4) is 0 Å². The van der Waals surface area contributed by atoms with E-state index in [1.165, 1.54) is 12.4 Å². The number of carbonyl (C=O) groups is 1. The monoisotopic (exact) mass is 651 g/mol. The van der Waals surface area contributed by atoms with Crippen LogP contribution in [0, 0.1) is 0 Å². The maximum absolute atomic E-state index is 13.6. The van der Waals surface area contributed by atoms with E-state index < -0.39 is 30.6 Å². The van der Waals surface area contributed by atoms with Gasteiger partial charge in [0.1, 0.15) is 18.8 Å². The predicted octanol–water partition coefficient (Wildman–Crippen LogP) is 8.24. The molecule has 1 heterocycles. The van der Waals surface area contributed by atoms with Gasteiger partial charge in [0.05, 0.1) is 5.57 Å². The molecule has 0 aliphatic rings. The van der Waals surface area contributed by atoms with Gasteiger partial charge in [-0.15, -0.1) is 0 Å².